The second-order valence-electron chi connectivity index (χ2n) is 10.4. The molecule has 0 radical (unpaired) electrons. The molecule has 1 amide bonds. The summed E-state index contributed by atoms with van der Waals surface area (Å²) in [6, 6.07) is 16.2. The van der Waals surface area contributed by atoms with Crippen molar-refractivity contribution in [3.05, 3.63) is 59.7 Å². The Bertz CT molecular complexity index is 958. The molecule has 0 unspecified atom stereocenters. The van der Waals surface area contributed by atoms with Gasteiger partial charge in [0.25, 0.3) is 0 Å². The zero-order valence-electron chi connectivity index (χ0n) is 20.9. The summed E-state index contributed by atoms with van der Waals surface area (Å²) in [5, 5.41) is 15.9. The third-order valence-corrected chi connectivity index (χ3v) is 6.45. The summed E-state index contributed by atoms with van der Waals surface area (Å²) in [6.45, 7) is 10.5. The van der Waals surface area contributed by atoms with Gasteiger partial charge in [0.05, 0.1) is 0 Å². The first-order chi connectivity index (χ1) is 16.1. The number of benzene rings is 2. The Balaban J connectivity index is 1.64. The van der Waals surface area contributed by atoms with Crippen molar-refractivity contribution in [3.8, 4) is 11.1 Å². The van der Waals surface area contributed by atoms with Crippen molar-refractivity contribution in [1.82, 2.24) is 10.6 Å². The molecule has 1 aliphatic rings. The summed E-state index contributed by atoms with van der Waals surface area (Å²) in [6.07, 6.45) is 0.742. The predicted molar refractivity (Wildman–Crippen MR) is 135 cm³/mol. The Morgan fingerprint density at radius 3 is 2.03 bits per heavy atom. The molecule has 0 saturated carbocycles. The van der Waals surface area contributed by atoms with Crippen LogP contribution in [-0.4, -0.2) is 41.9 Å². The first kappa shape index (κ1) is 25.8. The normalized spacial score (nSPS) is 15.5. The van der Waals surface area contributed by atoms with Crippen molar-refractivity contribution >= 4 is 12.1 Å². The van der Waals surface area contributed by atoms with E-state index in [1.54, 1.807) is 6.92 Å². The minimum atomic E-state index is -1.05. The molecule has 0 fully saturated rings. The Morgan fingerprint density at radius 1 is 0.971 bits per heavy atom. The van der Waals surface area contributed by atoms with Crippen LogP contribution >= 0.6 is 0 Å². The lowest BCUT2D eigenvalue weighted by atomic mass is 9.90. The number of hydrogen-bond donors (Lipinski definition) is 3. The molecule has 0 saturated heterocycles. The van der Waals surface area contributed by atoms with E-state index in [0.717, 1.165) is 0 Å². The molecule has 0 heterocycles. The number of nitrogens with one attached hydrogen (secondary N) is 2. The number of carboxylic acid groups (broad SMARTS) is 1. The molecule has 0 bridgehead atoms. The summed E-state index contributed by atoms with van der Waals surface area (Å²) < 4.78 is 5.70. The van der Waals surface area contributed by atoms with Crippen LogP contribution in [0.15, 0.2) is 48.5 Å². The molecular weight excluding hydrogens is 428 g/mol. The molecule has 0 aromatic heterocycles. The van der Waals surface area contributed by atoms with Gasteiger partial charge in [0.1, 0.15) is 12.1 Å². The lowest BCUT2D eigenvalue weighted by Crippen LogP contribution is -2.55. The van der Waals surface area contributed by atoms with Crippen LogP contribution in [0.4, 0.5) is 4.79 Å². The van der Waals surface area contributed by atoms with E-state index in [4.69, 9.17) is 4.74 Å². The molecule has 2 atom stereocenters. The standard InChI is InChI=1S/C28H38N2O4/c1-18(2)14-20(16-29-28(5,26(31)32)15-19(3)4)30-27(33)34-17-25-23-12-8-6-10-21(23)22-11-7-9-13-24(22)25/h6-13,18-20,25,29H,14-17H2,1-5H3,(H,30,33)(H,31,32)/t20-,28-/m0/s1. The largest absolute Gasteiger partial charge is 0.480 e. The molecule has 3 rings (SSSR count). The molecule has 0 spiro atoms. The Labute approximate surface area is 203 Å². The van der Waals surface area contributed by atoms with Gasteiger partial charge in [0.2, 0.25) is 0 Å². The number of amides is 1. The average Bonchev–Trinajstić information content (AvgIpc) is 3.09. The third kappa shape index (κ3) is 6.17. The van der Waals surface area contributed by atoms with Crippen molar-refractivity contribution in [2.24, 2.45) is 11.8 Å². The molecule has 184 valence electrons. The van der Waals surface area contributed by atoms with Crippen molar-refractivity contribution in [2.45, 2.75) is 65.0 Å². The third-order valence-electron chi connectivity index (χ3n) is 6.45. The zero-order chi connectivity index (χ0) is 24.9. The quantitative estimate of drug-likeness (QED) is 0.412. The smallest absolute Gasteiger partial charge is 0.407 e. The monoisotopic (exact) mass is 466 g/mol. The van der Waals surface area contributed by atoms with Crippen LogP contribution in [0.2, 0.25) is 0 Å². The van der Waals surface area contributed by atoms with Gasteiger partial charge in [-0.1, -0.05) is 76.2 Å². The van der Waals surface area contributed by atoms with Crippen LogP contribution in [0.1, 0.15) is 64.5 Å². The molecule has 0 aliphatic heterocycles. The van der Waals surface area contributed by atoms with Crippen molar-refractivity contribution in [3.63, 3.8) is 0 Å². The van der Waals surface area contributed by atoms with Gasteiger partial charge in [-0.25, -0.2) is 4.79 Å². The van der Waals surface area contributed by atoms with Gasteiger partial charge >= 0.3 is 12.1 Å². The molecule has 2 aromatic carbocycles. The highest BCUT2D eigenvalue weighted by atomic mass is 16.5. The van der Waals surface area contributed by atoms with E-state index in [-0.39, 0.29) is 24.5 Å². The summed E-state index contributed by atoms with van der Waals surface area (Å²) in [5.41, 5.74) is 3.66. The van der Waals surface area contributed by atoms with Gasteiger partial charge in [-0.3, -0.25) is 4.79 Å². The first-order valence-electron chi connectivity index (χ1n) is 12.2. The van der Waals surface area contributed by atoms with Crippen LogP contribution in [0, 0.1) is 11.8 Å². The fourth-order valence-electron chi connectivity index (χ4n) is 4.97. The highest BCUT2D eigenvalue weighted by Gasteiger charge is 2.34. The van der Waals surface area contributed by atoms with Gasteiger partial charge in [-0.05, 0) is 53.9 Å². The Morgan fingerprint density at radius 2 is 1.53 bits per heavy atom. The summed E-state index contributed by atoms with van der Waals surface area (Å²) in [7, 11) is 0. The topological polar surface area (TPSA) is 87.7 Å². The van der Waals surface area contributed by atoms with Gasteiger partial charge in [0, 0.05) is 18.5 Å². The van der Waals surface area contributed by atoms with Crippen LogP contribution in [0.3, 0.4) is 0 Å². The van der Waals surface area contributed by atoms with Crippen LogP contribution < -0.4 is 10.6 Å². The maximum atomic E-state index is 12.8. The zero-order valence-corrected chi connectivity index (χ0v) is 20.9. The number of rotatable bonds is 11. The van der Waals surface area contributed by atoms with Crippen molar-refractivity contribution in [1.29, 1.82) is 0 Å². The first-order valence-corrected chi connectivity index (χ1v) is 12.2. The molecule has 2 aromatic rings. The molecule has 3 N–H and O–H groups in total. The number of carbonyl (C=O) groups is 2. The number of alkyl carbamates (subject to hydrolysis) is 1. The average molecular weight is 467 g/mol. The van der Waals surface area contributed by atoms with Gasteiger partial charge in [0.15, 0.2) is 0 Å². The van der Waals surface area contributed by atoms with Crippen LogP contribution in [-0.2, 0) is 9.53 Å². The van der Waals surface area contributed by atoms with E-state index in [0.29, 0.717) is 25.3 Å². The molecule has 6 nitrogen and oxygen atoms in total. The Kier molecular flexibility index (Phi) is 8.37. The predicted octanol–water partition coefficient (Wildman–Crippen LogP) is 5.42. The maximum absolute atomic E-state index is 12.8. The van der Waals surface area contributed by atoms with Gasteiger partial charge in [-0.2, -0.15) is 0 Å². The number of hydrogen-bond acceptors (Lipinski definition) is 4. The molecule has 6 heteroatoms. The second kappa shape index (κ2) is 11.0. The van der Waals surface area contributed by atoms with E-state index in [1.165, 1.54) is 22.3 Å². The number of carboxylic acids is 1. The molecular formula is C28H38N2O4. The van der Waals surface area contributed by atoms with Crippen LogP contribution in [0.5, 0.6) is 0 Å². The fourth-order valence-corrected chi connectivity index (χ4v) is 4.97. The number of carbonyl (C=O) groups excluding carboxylic acids is 1. The van der Waals surface area contributed by atoms with Gasteiger partial charge < -0.3 is 20.5 Å². The second-order valence-corrected chi connectivity index (χ2v) is 10.4. The molecule has 1 aliphatic carbocycles. The SMILES string of the molecule is CC(C)C[C@@H](CN[C@@](C)(CC(C)C)C(=O)O)NC(=O)OCC1c2ccccc2-c2ccccc21. The highest BCUT2D eigenvalue weighted by molar-refractivity contribution is 5.79. The minimum absolute atomic E-state index is 0.00108. The fraction of sp³-hybridized carbons (Fsp3) is 0.500. The van der Waals surface area contributed by atoms with Gasteiger partial charge in [-0.15, -0.1) is 0 Å². The summed E-state index contributed by atoms with van der Waals surface area (Å²) in [4.78, 5) is 24.7. The van der Waals surface area contributed by atoms with E-state index < -0.39 is 17.6 Å². The number of ether oxygens (including phenoxy) is 1. The minimum Gasteiger partial charge on any atom is -0.480 e. The molecule has 34 heavy (non-hydrogen) atoms. The Hall–Kier alpha value is -2.86. The van der Waals surface area contributed by atoms with E-state index in [2.05, 4.69) is 48.7 Å². The lowest BCUT2D eigenvalue weighted by Gasteiger charge is -2.31. The summed E-state index contributed by atoms with van der Waals surface area (Å²) >= 11 is 0. The number of fused-ring (bicyclic) bond motifs is 3. The maximum Gasteiger partial charge on any atom is 0.407 e. The number of aliphatic carboxylic acids is 1. The van der Waals surface area contributed by atoms with Crippen molar-refractivity contribution < 1.29 is 19.4 Å². The summed E-state index contributed by atoms with van der Waals surface area (Å²) in [5.74, 6) is -0.319. The van der Waals surface area contributed by atoms with E-state index in [1.807, 2.05) is 38.1 Å². The lowest BCUT2D eigenvalue weighted by molar-refractivity contribution is -0.144. The van der Waals surface area contributed by atoms with Crippen LogP contribution in [0.25, 0.3) is 11.1 Å². The van der Waals surface area contributed by atoms with E-state index >= 15 is 0 Å². The van der Waals surface area contributed by atoms with E-state index in [9.17, 15) is 14.7 Å². The van der Waals surface area contributed by atoms with Crippen molar-refractivity contribution in [2.75, 3.05) is 13.2 Å². The highest BCUT2D eigenvalue weighted by Crippen LogP contribution is 2.44.